The Hall–Kier alpha value is -2.83. The maximum Gasteiger partial charge on any atom is 0.430 e. The minimum Gasteiger partial charge on any atom is -0.375 e. The summed E-state index contributed by atoms with van der Waals surface area (Å²) < 4.78 is 39.8. The van der Waals surface area contributed by atoms with Gasteiger partial charge in [0.25, 0.3) is 5.69 Å². The van der Waals surface area contributed by atoms with Gasteiger partial charge in [0, 0.05) is 18.2 Å². The zero-order valence-electron chi connectivity index (χ0n) is 12.7. The Bertz CT molecular complexity index is 726. The number of nitro benzene ring substituents is 1. The Labute approximate surface area is 136 Å². The number of hydrogen-bond acceptors (Lipinski definition) is 3. The van der Waals surface area contributed by atoms with Gasteiger partial charge in [-0.2, -0.15) is 13.2 Å². The van der Waals surface area contributed by atoms with Crippen LogP contribution in [0, 0.1) is 10.1 Å². The second-order valence-electron chi connectivity index (χ2n) is 5.18. The summed E-state index contributed by atoms with van der Waals surface area (Å²) in [5.41, 5.74) is -0.143. The van der Waals surface area contributed by atoms with Crippen LogP contribution in [0.5, 0.6) is 0 Å². The fourth-order valence-electron chi connectivity index (χ4n) is 2.12. The molecule has 0 spiro atoms. The Kier molecular flexibility index (Phi) is 5.23. The highest BCUT2D eigenvalue weighted by Gasteiger charge is 2.34. The summed E-state index contributed by atoms with van der Waals surface area (Å²) in [5.74, 6) is 0. The number of nitrogens with one attached hydrogen (secondary N) is 1. The molecule has 0 heterocycles. The highest BCUT2D eigenvalue weighted by molar-refractivity contribution is 5.55. The van der Waals surface area contributed by atoms with Crippen LogP contribution < -0.4 is 5.32 Å². The quantitative estimate of drug-likeness (QED) is 0.627. The number of nitrogens with zero attached hydrogens (tertiary/aromatic N) is 1. The maximum absolute atomic E-state index is 13.3. The van der Waals surface area contributed by atoms with Crippen molar-refractivity contribution in [1.29, 1.82) is 0 Å². The molecule has 2 rings (SSSR count). The van der Waals surface area contributed by atoms with E-state index in [0.29, 0.717) is 0 Å². The third-order valence-corrected chi connectivity index (χ3v) is 3.39. The molecule has 0 fully saturated rings. The number of hydrogen-bond donors (Lipinski definition) is 1. The molecule has 126 valence electrons. The molecule has 0 aromatic heterocycles. The van der Waals surface area contributed by atoms with Crippen LogP contribution in [0.1, 0.15) is 24.1 Å². The maximum atomic E-state index is 13.3. The summed E-state index contributed by atoms with van der Waals surface area (Å²) in [6, 6.07) is 13.1. The van der Waals surface area contributed by atoms with Crippen molar-refractivity contribution >= 4 is 11.8 Å². The van der Waals surface area contributed by atoms with E-state index in [1.807, 2.05) is 0 Å². The fourth-order valence-corrected chi connectivity index (χ4v) is 2.12. The lowest BCUT2D eigenvalue weighted by Crippen LogP contribution is -2.28. The van der Waals surface area contributed by atoms with Crippen LogP contribution in [-0.2, 0) is 0 Å². The van der Waals surface area contributed by atoms with Crippen molar-refractivity contribution in [3.05, 3.63) is 81.5 Å². The molecule has 2 aromatic carbocycles. The summed E-state index contributed by atoms with van der Waals surface area (Å²) >= 11 is 0. The van der Waals surface area contributed by atoms with Gasteiger partial charge >= 0.3 is 6.18 Å². The summed E-state index contributed by atoms with van der Waals surface area (Å²) in [4.78, 5) is 9.99. The van der Waals surface area contributed by atoms with E-state index in [1.165, 1.54) is 24.3 Å². The first-order chi connectivity index (χ1) is 11.3. The average molecular weight is 336 g/mol. The standard InChI is InChI=1S/C17H15F3N2O2/c1-12(14-5-3-2-4-6-14)21-16(17(18,19)20)11-13-7-9-15(10-8-13)22(23)24/h2-12,21H,1H3/b16-11+/t12-/m0/s1. The van der Waals surface area contributed by atoms with Gasteiger partial charge in [-0.25, -0.2) is 0 Å². The molecule has 0 bridgehead atoms. The second-order valence-corrected chi connectivity index (χ2v) is 5.18. The molecule has 0 saturated carbocycles. The van der Waals surface area contributed by atoms with Crippen LogP contribution in [0.15, 0.2) is 60.3 Å². The van der Waals surface area contributed by atoms with Crippen molar-refractivity contribution in [2.75, 3.05) is 0 Å². The minimum absolute atomic E-state index is 0.175. The number of benzene rings is 2. The lowest BCUT2D eigenvalue weighted by molar-refractivity contribution is -0.384. The molecule has 0 aliphatic heterocycles. The Morgan fingerprint density at radius 1 is 1.12 bits per heavy atom. The van der Waals surface area contributed by atoms with E-state index in [0.717, 1.165) is 11.6 Å². The minimum atomic E-state index is -4.56. The van der Waals surface area contributed by atoms with E-state index in [4.69, 9.17) is 0 Å². The Morgan fingerprint density at radius 2 is 1.71 bits per heavy atom. The molecule has 24 heavy (non-hydrogen) atoms. The second kappa shape index (κ2) is 7.16. The molecule has 0 saturated heterocycles. The van der Waals surface area contributed by atoms with Gasteiger partial charge in [-0.15, -0.1) is 0 Å². The Morgan fingerprint density at radius 3 is 2.21 bits per heavy atom. The van der Waals surface area contributed by atoms with Gasteiger partial charge in [-0.05, 0) is 36.3 Å². The number of allylic oxidation sites excluding steroid dienone is 1. The predicted molar refractivity (Wildman–Crippen MR) is 85.1 cm³/mol. The molecule has 0 aliphatic rings. The molecule has 1 atom stereocenters. The molecule has 2 aromatic rings. The molecule has 4 nitrogen and oxygen atoms in total. The lowest BCUT2D eigenvalue weighted by Gasteiger charge is -2.20. The van der Waals surface area contributed by atoms with Crippen molar-refractivity contribution in [2.24, 2.45) is 0 Å². The van der Waals surface area contributed by atoms with Crippen molar-refractivity contribution in [1.82, 2.24) is 5.32 Å². The van der Waals surface area contributed by atoms with Crippen molar-refractivity contribution in [3.8, 4) is 0 Å². The zero-order chi connectivity index (χ0) is 17.7. The van der Waals surface area contributed by atoms with Crippen LogP contribution in [0.25, 0.3) is 6.08 Å². The van der Waals surface area contributed by atoms with E-state index in [2.05, 4.69) is 5.32 Å². The molecule has 0 aliphatic carbocycles. The number of alkyl halides is 3. The van der Waals surface area contributed by atoms with Crippen LogP contribution in [-0.4, -0.2) is 11.1 Å². The molecule has 0 unspecified atom stereocenters. The van der Waals surface area contributed by atoms with E-state index in [1.54, 1.807) is 37.3 Å². The van der Waals surface area contributed by atoms with Gasteiger partial charge < -0.3 is 5.32 Å². The van der Waals surface area contributed by atoms with E-state index >= 15 is 0 Å². The third-order valence-electron chi connectivity index (χ3n) is 3.39. The number of non-ortho nitro benzene ring substituents is 1. The van der Waals surface area contributed by atoms with Crippen LogP contribution in [0.2, 0.25) is 0 Å². The van der Waals surface area contributed by atoms with Gasteiger partial charge in [-0.1, -0.05) is 30.3 Å². The number of halogens is 3. The topological polar surface area (TPSA) is 55.2 Å². The molecular weight excluding hydrogens is 321 g/mol. The van der Waals surface area contributed by atoms with Crippen LogP contribution >= 0.6 is 0 Å². The van der Waals surface area contributed by atoms with E-state index in [9.17, 15) is 23.3 Å². The van der Waals surface area contributed by atoms with Crippen molar-refractivity contribution in [2.45, 2.75) is 19.1 Å². The van der Waals surface area contributed by atoms with Crippen molar-refractivity contribution < 1.29 is 18.1 Å². The highest BCUT2D eigenvalue weighted by Crippen LogP contribution is 2.28. The first-order valence-corrected chi connectivity index (χ1v) is 7.12. The van der Waals surface area contributed by atoms with Crippen molar-refractivity contribution in [3.63, 3.8) is 0 Å². The van der Waals surface area contributed by atoms with Gasteiger partial charge in [0.1, 0.15) is 5.70 Å². The lowest BCUT2D eigenvalue weighted by atomic mass is 10.1. The summed E-state index contributed by atoms with van der Waals surface area (Å²) in [6.45, 7) is 1.63. The van der Waals surface area contributed by atoms with Gasteiger partial charge in [0.05, 0.1) is 4.92 Å². The zero-order valence-corrected chi connectivity index (χ0v) is 12.7. The monoisotopic (exact) mass is 336 g/mol. The Balaban J connectivity index is 2.26. The molecule has 0 amide bonds. The van der Waals surface area contributed by atoms with Crippen LogP contribution in [0.4, 0.5) is 18.9 Å². The average Bonchev–Trinajstić information content (AvgIpc) is 2.54. The molecule has 0 radical (unpaired) electrons. The molecule has 7 heteroatoms. The van der Waals surface area contributed by atoms with Crippen LogP contribution in [0.3, 0.4) is 0 Å². The first-order valence-electron chi connectivity index (χ1n) is 7.12. The van der Waals surface area contributed by atoms with E-state index < -0.39 is 22.8 Å². The summed E-state index contributed by atoms with van der Waals surface area (Å²) in [5, 5.41) is 13.1. The number of rotatable bonds is 5. The highest BCUT2D eigenvalue weighted by atomic mass is 19.4. The molecular formula is C17H15F3N2O2. The predicted octanol–water partition coefficient (Wildman–Crippen LogP) is 4.85. The van der Waals surface area contributed by atoms with Gasteiger partial charge in [0.15, 0.2) is 0 Å². The summed E-state index contributed by atoms with van der Waals surface area (Å²) in [7, 11) is 0. The number of nitro groups is 1. The third kappa shape index (κ3) is 4.58. The smallest absolute Gasteiger partial charge is 0.375 e. The first kappa shape index (κ1) is 17.5. The van der Waals surface area contributed by atoms with E-state index in [-0.39, 0.29) is 11.3 Å². The molecule has 1 N–H and O–H groups in total. The summed E-state index contributed by atoms with van der Waals surface area (Å²) in [6.07, 6.45) is -3.63. The fraction of sp³-hybridized carbons (Fsp3) is 0.176. The largest absolute Gasteiger partial charge is 0.430 e. The van der Waals surface area contributed by atoms with Gasteiger partial charge in [-0.3, -0.25) is 10.1 Å². The van der Waals surface area contributed by atoms with Gasteiger partial charge in [0.2, 0.25) is 0 Å². The normalized spacial score (nSPS) is 13.4. The SMILES string of the molecule is C[C@H](N/C(=C/c1ccc([N+](=O)[O-])cc1)C(F)(F)F)c1ccccc1.